The largest absolute Gasteiger partial charge is 0.369 e. The molecule has 0 fully saturated rings. The van der Waals surface area contributed by atoms with Gasteiger partial charge in [0.05, 0.1) is 10.5 Å². The van der Waals surface area contributed by atoms with E-state index < -0.39 is 5.91 Å². The number of carbonyl (C=O) groups excluding carboxylic acids is 1. The minimum absolute atomic E-state index is 0.124. The maximum atomic E-state index is 13.8. The van der Waals surface area contributed by atoms with Crippen molar-refractivity contribution in [3.8, 4) is 0 Å². The maximum absolute atomic E-state index is 13.8. The first-order valence-electron chi connectivity index (χ1n) is 6.56. The van der Waals surface area contributed by atoms with E-state index in [1.165, 1.54) is 6.07 Å². The summed E-state index contributed by atoms with van der Waals surface area (Å²) >= 11 is 3.34. The Morgan fingerprint density at radius 1 is 1.57 bits per heavy atom. The van der Waals surface area contributed by atoms with Crippen molar-refractivity contribution in [2.75, 3.05) is 11.9 Å². The molecule has 0 spiro atoms. The van der Waals surface area contributed by atoms with Gasteiger partial charge in [0.2, 0.25) is 0 Å². The predicted molar refractivity (Wildman–Crippen MR) is 80.8 cm³/mol. The topological polar surface area (TPSA) is 72.9 Å². The highest BCUT2D eigenvalue weighted by molar-refractivity contribution is 9.10. The summed E-state index contributed by atoms with van der Waals surface area (Å²) in [6.45, 7) is 2.44. The van der Waals surface area contributed by atoms with Crippen LogP contribution in [-0.2, 0) is 0 Å². The summed E-state index contributed by atoms with van der Waals surface area (Å²) in [7, 11) is 0. The number of anilines is 1. The number of rotatable bonds is 2. The van der Waals surface area contributed by atoms with E-state index in [0.717, 1.165) is 12.0 Å². The molecule has 7 heteroatoms. The van der Waals surface area contributed by atoms with Crippen molar-refractivity contribution in [3.63, 3.8) is 0 Å². The van der Waals surface area contributed by atoms with E-state index in [4.69, 9.17) is 5.73 Å². The number of amides is 1. The molecule has 0 aliphatic carbocycles. The van der Waals surface area contributed by atoms with Gasteiger partial charge in [-0.25, -0.2) is 9.07 Å². The van der Waals surface area contributed by atoms with E-state index >= 15 is 0 Å². The number of fused-ring (bicyclic) bond motifs is 1. The van der Waals surface area contributed by atoms with Crippen LogP contribution in [0.5, 0.6) is 0 Å². The molecule has 3 rings (SSSR count). The zero-order chi connectivity index (χ0) is 15.1. The normalized spacial score (nSPS) is 17.2. The Bertz CT molecular complexity index is 728. The summed E-state index contributed by atoms with van der Waals surface area (Å²) in [5.41, 5.74) is 6.93. The van der Waals surface area contributed by atoms with Crippen LogP contribution in [0.15, 0.2) is 22.7 Å². The highest BCUT2D eigenvalue weighted by Gasteiger charge is 2.28. The first kappa shape index (κ1) is 14.1. The highest BCUT2D eigenvalue weighted by atomic mass is 79.9. The van der Waals surface area contributed by atoms with Crippen molar-refractivity contribution >= 4 is 27.7 Å². The smallest absolute Gasteiger partial charge is 0.270 e. The summed E-state index contributed by atoms with van der Waals surface area (Å²) in [5.74, 6) is -0.144. The Morgan fingerprint density at radius 3 is 3.00 bits per heavy atom. The van der Waals surface area contributed by atoms with Crippen LogP contribution in [0.25, 0.3) is 0 Å². The molecule has 1 unspecified atom stereocenters. The lowest BCUT2D eigenvalue weighted by atomic mass is 10.0. The minimum atomic E-state index is -0.598. The Hall–Kier alpha value is -1.89. The molecule has 0 saturated heterocycles. The van der Waals surface area contributed by atoms with Gasteiger partial charge in [-0.1, -0.05) is 12.1 Å². The second kappa shape index (κ2) is 5.14. The van der Waals surface area contributed by atoms with Gasteiger partial charge in [-0.05, 0) is 46.5 Å². The number of hydrogen-bond acceptors (Lipinski definition) is 3. The Kier molecular flexibility index (Phi) is 3.44. The number of nitrogens with two attached hydrogens (primary N) is 1. The molecule has 3 N–H and O–H groups in total. The van der Waals surface area contributed by atoms with Crippen molar-refractivity contribution in [1.82, 2.24) is 9.78 Å². The second-order valence-electron chi connectivity index (χ2n) is 5.06. The molecule has 21 heavy (non-hydrogen) atoms. The van der Waals surface area contributed by atoms with Gasteiger partial charge in [0, 0.05) is 6.54 Å². The second-order valence-corrected chi connectivity index (χ2v) is 5.85. The lowest BCUT2D eigenvalue weighted by Crippen LogP contribution is -2.24. The summed E-state index contributed by atoms with van der Waals surface area (Å²) in [6, 6.07) is 5.03. The first-order valence-corrected chi connectivity index (χ1v) is 7.36. The van der Waals surface area contributed by atoms with Crippen molar-refractivity contribution in [3.05, 3.63) is 45.3 Å². The number of carbonyl (C=O) groups is 1. The molecule has 0 radical (unpaired) electrons. The van der Waals surface area contributed by atoms with E-state index in [0.29, 0.717) is 22.4 Å². The number of nitrogens with one attached hydrogen (secondary N) is 1. The molecular weight excluding hydrogens is 339 g/mol. The van der Waals surface area contributed by atoms with Crippen molar-refractivity contribution in [2.24, 2.45) is 5.73 Å². The Labute approximate surface area is 129 Å². The van der Waals surface area contributed by atoms with Gasteiger partial charge < -0.3 is 11.1 Å². The summed E-state index contributed by atoms with van der Waals surface area (Å²) < 4.78 is 16.0. The molecule has 1 atom stereocenters. The molecule has 2 heterocycles. The fourth-order valence-corrected chi connectivity index (χ4v) is 3.13. The number of primary amides is 1. The molecule has 1 aromatic carbocycles. The third kappa shape index (κ3) is 2.31. The molecule has 2 aromatic rings. The number of hydrogen-bond donors (Lipinski definition) is 2. The lowest BCUT2D eigenvalue weighted by molar-refractivity contribution is 0.0994. The molecule has 1 aliphatic heterocycles. The Morgan fingerprint density at radius 2 is 2.33 bits per heavy atom. The number of halogens is 2. The van der Waals surface area contributed by atoms with Crippen LogP contribution >= 0.6 is 15.9 Å². The summed E-state index contributed by atoms with van der Waals surface area (Å²) in [4.78, 5) is 11.4. The minimum Gasteiger partial charge on any atom is -0.369 e. The lowest BCUT2D eigenvalue weighted by Gasteiger charge is -2.26. The third-order valence-electron chi connectivity index (χ3n) is 3.67. The molecule has 110 valence electrons. The van der Waals surface area contributed by atoms with Gasteiger partial charge in [0.1, 0.15) is 11.6 Å². The zero-order valence-electron chi connectivity index (χ0n) is 11.4. The monoisotopic (exact) mass is 352 g/mol. The fraction of sp³-hybridized carbons (Fsp3) is 0.286. The molecule has 1 aromatic heterocycles. The van der Waals surface area contributed by atoms with E-state index in [9.17, 15) is 9.18 Å². The number of benzene rings is 1. The third-order valence-corrected chi connectivity index (χ3v) is 4.42. The summed E-state index contributed by atoms with van der Waals surface area (Å²) in [5, 5.41) is 7.45. The van der Waals surface area contributed by atoms with Crippen LogP contribution in [0.3, 0.4) is 0 Å². The molecule has 1 aliphatic rings. The molecule has 0 saturated carbocycles. The van der Waals surface area contributed by atoms with Crippen LogP contribution in [0.4, 0.5) is 10.2 Å². The van der Waals surface area contributed by atoms with Crippen molar-refractivity contribution in [1.29, 1.82) is 0 Å². The predicted octanol–water partition coefficient (Wildman–Crippen LogP) is 2.60. The van der Waals surface area contributed by atoms with Gasteiger partial charge >= 0.3 is 0 Å². The first-order chi connectivity index (χ1) is 9.99. The summed E-state index contributed by atoms with van der Waals surface area (Å²) in [6.07, 6.45) is 0.752. The Balaban J connectivity index is 2.10. The fourth-order valence-electron chi connectivity index (χ4n) is 2.53. The van der Waals surface area contributed by atoms with Gasteiger partial charge in [0.15, 0.2) is 5.69 Å². The SMILES string of the molecule is Cc1ccc(C2CCNc3c(Br)c(C(N)=O)nn32)cc1F. The molecule has 0 bridgehead atoms. The zero-order valence-corrected chi connectivity index (χ0v) is 12.9. The average molecular weight is 353 g/mol. The van der Waals surface area contributed by atoms with E-state index in [-0.39, 0.29) is 17.6 Å². The number of aromatic nitrogens is 2. The van der Waals surface area contributed by atoms with Crippen LogP contribution in [-0.4, -0.2) is 22.2 Å². The van der Waals surface area contributed by atoms with Gasteiger partial charge in [0.25, 0.3) is 5.91 Å². The maximum Gasteiger partial charge on any atom is 0.270 e. The van der Waals surface area contributed by atoms with Crippen LogP contribution in [0.2, 0.25) is 0 Å². The average Bonchev–Trinajstić information content (AvgIpc) is 2.80. The number of nitrogens with zero attached hydrogens (tertiary/aromatic N) is 2. The van der Waals surface area contributed by atoms with Crippen LogP contribution in [0.1, 0.15) is 34.1 Å². The van der Waals surface area contributed by atoms with Crippen molar-refractivity contribution < 1.29 is 9.18 Å². The molecule has 1 amide bonds. The van der Waals surface area contributed by atoms with Crippen molar-refractivity contribution in [2.45, 2.75) is 19.4 Å². The van der Waals surface area contributed by atoms with Crippen LogP contribution in [0, 0.1) is 12.7 Å². The molecular formula is C14H14BrFN4O. The van der Waals surface area contributed by atoms with Gasteiger partial charge in [-0.3, -0.25) is 4.79 Å². The van der Waals surface area contributed by atoms with Gasteiger partial charge in [-0.15, -0.1) is 0 Å². The van der Waals surface area contributed by atoms with Crippen LogP contribution < -0.4 is 11.1 Å². The van der Waals surface area contributed by atoms with E-state index in [1.807, 2.05) is 6.07 Å². The molecule has 5 nitrogen and oxygen atoms in total. The highest BCUT2D eigenvalue weighted by Crippen LogP contribution is 2.36. The van der Waals surface area contributed by atoms with E-state index in [2.05, 4.69) is 26.3 Å². The quantitative estimate of drug-likeness (QED) is 0.872. The standard InChI is InChI=1S/C14H14BrFN4O/c1-7-2-3-8(6-9(7)16)10-4-5-18-14-11(15)12(13(17)21)19-20(10)14/h2-3,6,10,18H,4-5H2,1H3,(H2,17,21). The number of aryl methyl sites for hydroxylation is 1. The van der Waals surface area contributed by atoms with E-state index in [1.54, 1.807) is 17.7 Å². The van der Waals surface area contributed by atoms with Gasteiger partial charge in [-0.2, -0.15) is 5.10 Å².